The molecule has 0 radical (unpaired) electrons. The maximum atomic E-state index is 6.46. The molecule has 2 unspecified atom stereocenters. The minimum atomic E-state index is -1.34. The monoisotopic (exact) mass is 444 g/mol. The van der Waals surface area contributed by atoms with Crippen molar-refractivity contribution in [3.05, 3.63) is 0 Å². The van der Waals surface area contributed by atoms with Crippen LogP contribution < -0.4 is 0 Å². The van der Waals surface area contributed by atoms with Crippen LogP contribution in [0.15, 0.2) is 0 Å². The highest BCUT2D eigenvalue weighted by Crippen LogP contribution is 2.78. The van der Waals surface area contributed by atoms with Crippen molar-refractivity contribution in [1.82, 2.24) is 0 Å². The largest absolute Gasteiger partial charge is 0.140 e. The van der Waals surface area contributed by atoms with E-state index in [0.717, 1.165) is 0 Å². The average Bonchev–Trinajstić information content (AvgIpc) is 2.64. The molecule has 0 spiro atoms. The summed E-state index contributed by atoms with van der Waals surface area (Å²) in [7, 11) is 0. The van der Waals surface area contributed by atoms with Crippen LogP contribution in [0.1, 0.15) is 0 Å². The molecule has 2 aliphatic rings. The lowest BCUT2D eigenvalue weighted by Gasteiger charge is -2.46. The fourth-order valence-electron chi connectivity index (χ4n) is 3.61. The molecule has 0 amide bonds. The summed E-state index contributed by atoms with van der Waals surface area (Å²) in [6, 6.07) is 0. The van der Waals surface area contributed by atoms with E-state index in [-0.39, 0.29) is 11.8 Å². The van der Waals surface area contributed by atoms with Crippen molar-refractivity contribution in [3.63, 3.8) is 0 Å². The second-order valence-electron chi connectivity index (χ2n) is 5.02. The Morgan fingerprint density at radius 3 is 1.74 bits per heavy atom. The van der Waals surface area contributed by atoms with Gasteiger partial charge in [0.2, 0.25) is 0 Å². The number of rotatable bonds is 3. The van der Waals surface area contributed by atoms with Gasteiger partial charge in [-0.2, -0.15) is 0 Å². The van der Waals surface area contributed by atoms with Crippen molar-refractivity contribution in [2.75, 3.05) is 11.8 Å². The molecule has 2 aliphatic carbocycles. The summed E-state index contributed by atoms with van der Waals surface area (Å²) in [4.78, 5) is -0.944. The molecule has 2 saturated carbocycles. The highest BCUT2D eigenvalue weighted by Gasteiger charge is 2.84. The summed E-state index contributed by atoms with van der Waals surface area (Å²) in [5.74, 6) is -0.257. The molecule has 9 heteroatoms. The molecule has 0 nitrogen and oxygen atoms in total. The topological polar surface area (TPSA) is 0 Å². The number of hydrogen-bond acceptors (Lipinski definition) is 0. The first-order chi connectivity index (χ1) is 8.66. The van der Waals surface area contributed by atoms with E-state index in [4.69, 9.17) is 104 Å². The summed E-state index contributed by atoms with van der Waals surface area (Å²) < 4.78 is -1.34. The Labute approximate surface area is 157 Å². The molecular weight excluding hydrogens is 439 g/mol. The second kappa shape index (κ2) is 5.60. The summed E-state index contributed by atoms with van der Waals surface area (Å²) in [5, 5.41) is -1.99. The third kappa shape index (κ3) is 1.88. The minimum Gasteiger partial charge on any atom is -0.126 e. The smallest absolute Gasteiger partial charge is 0.126 e. The van der Waals surface area contributed by atoms with Crippen LogP contribution in [0.3, 0.4) is 0 Å². The van der Waals surface area contributed by atoms with Crippen LogP contribution in [0.2, 0.25) is 0 Å². The molecule has 2 rings (SSSR count). The van der Waals surface area contributed by atoms with Gasteiger partial charge in [0.15, 0.2) is 0 Å². The van der Waals surface area contributed by atoms with Crippen molar-refractivity contribution in [2.24, 2.45) is 16.7 Å². The summed E-state index contributed by atoms with van der Waals surface area (Å²) >= 11 is 56.8. The molecule has 112 valence electrons. The van der Waals surface area contributed by atoms with Crippen molar-refractivity contribution in [1.29, 1.82) is 0 Å². The van der Waals surface area contributed by atoms with Gasteiger partial charge in [-0.1, -0.05) is 23.2 Å². The zero-order valence-electron chi connectivity index (χ0n) is 9.20. The van der Waals surface area contributed by atoms with Gasteiger partial charge in [0.1, 0.15) is 9.17 Å². The number of halogens is 9. The average molecular weight is 448 g/mol. The van der Waals surface area contributed by atoms with Crippen LogP contribution in [0.5, 0.6) is 0 Å². The number of hydrogen-bond donors (Lipinski definition) is 0. The third-order valence-corrected chi connectivity index (χ3v) is 9.30. The molecule has 0 aromatic heterocycles. The standard InChI is InChI=1S/C10H9Cl9/c11-1-8(2-12)4-3(13)5(14)9(8,7(16)17)6(15)10(4,18)19/h3-7H,1-2H2/t3-,4?,5+,6-,9?/m1/s1. The van der Waals surface area contributed by atoms with E-state index in [1.165, 1.54) is 0 Å². The van der Waals surface area contributed by atoms with Gasteiger partial charge in [-0.25, -0.2) is 0 Å². The summed E-state index contributed by atoms with van der Waals surface area (Å²) in [6.45, 7) is 0. The molecule has 2 bridgehead atoms. The Hall–Kier alpha value is 2.61. The molecule has 2 fully saturated rings. The van der Waals surface area contributed by atoms with Gasteiger partial charge in [-0.05, 0) is 0 Å². The molecule has 0 aromatic rings. The Bertz CT molecular complexity index is 366. The predicted octanol–water partition coefficient (Wildman–Crippen LogP) is 5.88. The van der Waals surface area contributed by atoms with E-state index in [0.29, 0.717) is 0 Å². The Balaban J connectivity index is 2.74. The maximum absolute atomic E-state index is 6.46. The van der Waals surface area contributed by atoms with Gasteiger partial charge < -0.3 is 0 Å². The van der Waals surface area contributed by atoms with E-state index in [1.807, 2.05) is 0 Å². The van der Waals surface area contributed by atoms with Crippen LogP contribution in [0.25, 0.3) is 0 Å². The van der Waals surface area contributed by atoms with Crippen LogP contribution >= 0.6 is 104 Å². The SMILES string of the molecule is ClCC1(CCl)C2[C@@H](Cl)[C@H](Cl)C1(C(Cl)Cl)[C@@H](Cl)C2(Cl)Cl. The van der Waals surface area contributed by atoms with Crippen molar-refractivity contribution in [2.45, 2.75) is 25.3 Å². The summed E-state index contributed by atoms with van der Waals surface area (Å²) in [5.41, 5.74) is -1.87. The lowest BCUT2D eigenvalue weighted by atomic mass is 9.70. The highest BCUT2D eigenvalue weighted by atomic mass is 35.5. The molecular formula is C10H9Cl9. The lowest BCUT2D eigenvalue weighted by Crippen LogP contribution is -2.55. The van der Waals surface area contributed by atoms with Crippen LogP contribution in [0, 0.1) is 16.7 Å². The fraction of sp³-hybridized carbons (Fsp3) is 1.00. The van der Waals surface area contributed by atoms with E-state index in [2.05, 4.69) is 0 Å². The molecule has 0 aliphatic heterocycles. The summed E-state index contributed by atoms with van der Waals surface area (Å²) in [6.07, 6.45) is 0. The van der Waals surface area contributed by atoms with E-state index < -0.39 is 42.0 Å². The first-order valence-corrected chi connectivity index (χ1v) is 9.37. The third-order valence-electron chi connectivity index (χ3n) is 4.52. The zero-order valence-corrected chi connectivity index (χ0v) is 16.0. The number of alkyl halides is 9. The minimum absolute atomic E-state index is 0.119. The van der Waals surface area contributed by atoms with Gasteiger partial charge in [-0.15, -0.1) is 81.2 Å². The van der Waals surface area contributed by atoms with Gasteiger partial charge in [0, 0.05) is 28.5 Å². The normalized spacial score (nSPS) is 47.1. The van der Waals surface area contributed by atoms with Crippen molar-refractivity contribution < 1.29 is 0 Å². The highest BCUT2D eigenvalue weighted by molar-refractivity contribution is 6.55. The van der Waals surface area contributed by atoms with Crippen LogP contribution in [0.4, 0.5) is 0 Å². The molecule has 0 saturated heterocycles. The van der Waals surface area contributed by atoms with E-state index in [1.54, 1.807) is 0 Å². The predicted molar refractivity (Wildman–Crippen MR) is 88.7 cm³/mol. The van der Waals surface area contributed by atoms with E-state index >= 15 is 0 Å². The maximum Gasteiger partial charge on any atom is 0.140 e. The quantitative estimate of drug-likeness (QED) is 0.473. The van der Waals surface area contributed by atoms with Crippen molar-refractivity contribution >= 4 is 104 Å². The van der Waals surface area contributed by atoms with Gasteiger partial charge in [-0.3, -0.25) is 0 Å². The molecule has 5 atom stereocenters. The second-order valence-corrected chi connectivity index (χ2v) is 9.50. The molecule has 19 heavy (non-hydrogen) atoms. The zero-order chi connectivity index (χ0) is 14.8. The first-order valence-electron chi connectivity index (χ1n) is 5.36. The fourth-order valence-corrected chi connectivity index (χ4v) is 9.03. The Morgan fingerprint density at radius 2 is 1.42 bits per heavy atom. The first kappa shape index (κ1) is 18.0. The lowest BCUT2D eigenvalue weighted by molar-refractivity contribution is 0.159. The van der Waals surface area contributed by atoms with Gasteiger partial charge in [0.05, 0.1) is 16.1 Å². The van der Waals surface area contributed by atoms with Gasteiger partial charge in [0.25, 0.3) is 0 Å². The number of fused-ring (bicyclic) bond motifs is 2. The molecule has 0 heterocycles. The molecule has 0 N–H and O–H groups in total. The van der Waals surface area contributed by atoms with Crippen molar-refractivity contribution in [3.8, 4) is 0 Å². The molecule has 0 aromatic carbocycles. The Kier molecular flexibility index (Phi) is 5.30. The van der Waals surface area contributed by atoms with E-state index in [9.17, 15) is 0 Å². The Morgan fingerprint density at radius 1 is 0.947 bits per heavy atom. The van der Waals surface area contributed by atoms with Gasteiger partial charge >= 0.3 is 0 Å². The van der Waals surface area contributed by atoms with Crippen LogP contribution in [-0.4, -0.2) is 37.1 Å². The van der Waals surface area contributed by atoms with Crippen LogP contribution in [-0.2, 0) is 0 Å².